The van der Waals surface area contributed by atoms with E-state index in [9.17, 15) is 5.11 Å². The zero-order chi connectivity index (χ0) is 14.4. The summed E-state index contributed by atoms with van der Waals surface area (Å²) in [6.45, 7) is 3.39. The summed E-state index contributed by atoms with van der Waals surface area (Å²) in [6.07, 6.45) is 1.75. The molecule has 2 N–H and O–H groups in total. The zero-order valence-electron chi connectivity index (χ0n) is 12.3. The van der Waals surface area contributed by atoms with Gasteiger partial charge in [-0.25, -0.2) is 0 Å². The maximum absolute atomic E-state index is 9.95. The topological polar surface area (TPSA) is 50.7 Å². The first-order chi connectivity index (χ1) is 9.70. The van der Waals surface area contributed by atoms with E-state index in [2.05, 4.69) is 29.6 Å². The van der Waals surface area contributed by atoms with Gasteiger partial charge in [0.1, 0.15) is 0 Å². The first kappa shape index (κ1) is 15.4. The van der Waals surface area contributed by atoms with E-state index >= 15 is 0 Å². The van der Waals surface area contributed by atoms with Crippen LogP contribution in [0.3, 0.4) is 0 Å². The first-order valence-electron chi connectivity index (χ1n) is 7.30. The van der Waals surface area contributed by atoms with Crippen molar-refractivity contribution in [2.24, 2.45) is 0 Å². The lowest BCUT2D eigenvalue weighted by Crippen LogP contribution is -2.33. The highest BCUT2D eigenvalue weighted by atomic mass is 16.5. The minimum absolute atomic E-state index is 0.0156. The molecular formula is C16H25NO3. The van der Waals surface area contributed by atoms with Gasteiger partial charge in [-0.05, 0) is 30.9 Å². The number of ether oxygens (including phenoxy) is 2. The number of aliphatic hydroxyl groups excluding tert-OH is 1. The van der Waals surface area contributed by atoms with E-state index in [0.717, 1.165) is 12.8 Å². The lowest BCUT2D eigenvalue weighted by Gasteiger charge is -2.19. The second kappa shape index (κ2) is 7.74. The van der Waals surface area contributed by atoms with Gasteiger partial charge in [0.2, 0.25) is 0 Å². The van der Waals surface area contributed by atoms with Crippen LogP contribution in [0.2, 0.25) is 0 Å². The van der Waals surface area contributed by atoms with Crippen LogP contribution in [0.1, 0.15) is 30.5 Å². The molecule has 4 heteroatoms. The van der Waals surface area contributed by atoms with Crippen LogP contribution in [-0.2, 0) is 15.9 Å². The average molecular weight is 279 g/mol. The minimum Gasteiger partial charge on any atom is -0.389 e. The fourth-order valence-corrected chi connectivity index (χ4v) is 2.66. The number of rotatable bonds is 8. The summed E-state index contributed by atoms with van der Waals surface area (Å²) < 4.78 is 10.5. The van der Waals surface area contributed by atoms with Gasteiger partial charge in [-0.15, -0.1) is 0 Å². The molecule has 1 aliphatic carbocycles. The molecule has 4 nitrogen and oxygen atoms in total. The minimum atomic E-state index is -0.484. The Morgan fingerprint density at radius 1 is 1.35 bits per heavy atom. The molecule has 1 aliphatic rings. The second-order valence-electron chi connectivity index (χ2n) is 5.45. The predicted octanol–water partition coefficient (Wildman–Crippen LogP) is 1.68. The smallest absolute Gasteiger partial charge is 0.0898 e. The number of methoxy groups -OCH3 is 1. The largest absolute Gasteiger partial charge is 0.389 e. The summed E-state index contributed by atoms with van der Waals surface area (Å²) in [5.41, 5.74) is 2.79. The molecule has 0 aromatic heterocycles. The Morgan fingerprint density at radius 2 is 2.15 bits per heavy atom. The van der Waals surface area contributed by atoms with Crippen molar-refractivity contribution in [1.29, 1.82) is 0 Å². The summed E-state index contributed by atoms with van der Waals surface area (Å²) in [5, 5.41) is 13.4. The van der Waals surface area contributed by atoms with Crippen LogP contribution in [0.4, 0.5) is 0 Å². The monoisotopic (exact) mass is 279 g/mol. The molecule has 0 aliphatic heterocycles. The molecule has 0 fully saturated rings. The zero-order valence-corrected chi connectivity index (χ0v) is 12.3. The van der Waals surface area contributed by atoms with Crippen LogP contribution >= 0.6 is 0 Å². The molecule has 0 saturated heterocycles. The lowest BCUT2D eigenvalue weighted by molar-refractivity contribution is -0.0316. The number of nitrogens with one attached hydrogen (secondary N) is 1. The molecule has 112 valence electrons. The molecule has 0 heterocycles. The number of aliphatic hydroxyl groups is 1. The van der Waals surface area contributed by atoms with Crippen molar-refractivity contribution >= 4 is 0 Å². The van der Waals surface area contributed by atoms with Gasteiger partial charge in [0, 0.05) is 19.7 Å². The van der Waals surface area contributed by atoms with Gasteiger partial charge in [0.25, 0.3) is 0 Å². The maximum Gasteiger partial charge on any atom is 0.0898 e. The van der Waals surface area contributed by atoms with Crippen LogP contribution in [0.15, 0.2) is 24.3 Å². The third kappa shape index (κ3) is 4.28. The summed E-state index contributed by atoms with van der Waals surface area (Å²) in [7, 11) is 1.65. The summed E-state index contributed by atoms with van der Waals surface area (Å²) in [4.78, 5) is 0. The first-order valence-corrected chi connectivity index (χ1v) is 7.30. The van der Waals surface area contributed by atoms with E-state index in [4.69, 9.17) is 9.47 Å². The van der Waals surface area contributed by atoms with E-state index in [1.165, 1.54) is 11.1 Å². The molecule has 1 aromatic rings. The summed E-state index contributed by atoms with van der Waals surface area (Å²) >= 11 is 0. The predicted molar refractivity (Wildman–Crippen MR) is 78.8 cm³/mol. The molecule has 1 aromatic carbocycles. The van der Waals surface area contributed by atoms with Crippen molar-refractivity contribution in [3.63, 3.8) is 0 Å². The Labute approximate surface area is 121 Å². The number of fused-ring (bicyclic) bond motifs is 1. The van der Waals surface area contributed by atoms with Crippen molar-refractivity contribution < 1.29 is 14.6 Å². The van der Waals surface area contributed by atoms with Crippen LogP contribution < -0.4 is 5.32 Å². The number of benzene rings is 1. The van der Waals surface area contributed by atoms with Gasteiger partial charge in [-0.3, -0.25) is 0 Å². The number of hydrogen-bond donors (Lipinski definition) is 2. The number of aryl methyl sites for hydroxylation is 1. The van der Waals surface area contributed by atoms with Gasteiger partial charge in [-0.2, -0.15) is 0 Å². The van der Waals surface area contributed by atoms with E-state index in [0.29, 0.717) is 25.8 Å². The van der Waals surface area contributed by atoms with Gasteiger partial charge in [0.05, 0.1) is 25.4 Å². The maximum atomic E-state index is 9.95. The van der Waals surface area contributed by atoms with Crippen molar-refractivity contribution in [1.82, 2.24) is 5.32 Å². The molecule has 0 amide bonds. The van der Waals surface area contributed by atoms with E-state index in [1.54, 1.807) is 7.11 Å². The molecule has 0 radical (unpaired) electrons. The van der Waals surface area contributed by atoms with Crippen molar-refractivity contribution in [2.75, 3.05) is 26.9 Å². The van der Waals surface area contributed by atoms with Gasteiger partial charge < -0.3 is 19.9 Å². The summed E-state index contributed by atoms with van der Waals surface area (Å²) in [6, 6.07) is 8.87. The average Bonchev–Trinajstić information content (AvgIpc) is 2.86. The molecule has 0 saturated carbocycles. The Hall–Kier alpha value is -0.940. The van der Waals surface area contributed by atoms with Crippen LogP contribution in [0.5, 0.6) is 0 Å². The van der Waals surface area contributed by atoms with Gasteiger partial charge in [-0.1, -0.05) is 24.3 Å². The van der Waals surface area contributed by atoms with Crippen LogP contribution in [0.25, 0.3) is 0 Å². The fraction of sp³-hybridized carbons (Fsp3) is 0.625. The highest BCUT2D eigenvalue weighted by molar-refractivity contribution is 5.34. The summed E-state index contributed by atoms with van der Waals surface area (Å²) in [5.74, 6) is 0. The molecule has 3 atom stereocenters. The Bertz CT molecular complexity index is 410. The number of hydrogen-bond acceptors (Lipinski definition) is 4. The van der Waals surface area contributed by atoms with Gasteiger partial charge >= 0.3 is 0 Å². The van der Waals surface area contributed by atoms with Crippen molar-refractivity contribution in [2.45, 2.75) is 38.0 Å². The third-order valence-electron chi connectivity index (χ3n) is 3.71. The Balaban J connectivity index is 1.71. The van der Waals surface area contributed by atoms with Crippen molar-refractivity contribution in [3.05, 3.63) is 35.4 Å². The SMILES string of the molecule is COCC(C)OCC(O)CNC1CCc2ccccc21. The molecule has 0 bridgehead atoms. The van der Waals surface area contributed by atoms with E-state index in [-0.39, 0.29) is 6.10 Å². The second-order valence-corrected chi connectivity index (χ2v) is 5.45. The fourth-order valence-electron chi connectivity index (χ4n) is 2.66. The molecule has 3 unspecified atom stereocenters. The van der Waals surface area contributed by atoms with Crippen molar-refractivity contribution in [3.8, 4) is 0 Å². The normalized spacial score (nSPS) is 20.6. The van der Waals surface area contributed by atoms with Gasteiger partial charge in [0.15, 0.2) is 0 Å². The van der Waals surface area contributed by atoms with Crippen LogP contribution in [0, 0.1) is 0 Å². The molecule has 20 heavy (non-hydrogen) atoms. The third-order valence-corrected chi connectivity index (χ3v) is 3.71. The molecule has 0 spiro atoms. The molecule has 2 rings (SSSR count). The standard InChI is InChI=1S/C16H25NO3/c1-12(10-19-2)20-11-14(18)9-17-16-8-7-13-5-3-4-6-15(13)16/h3-6,12,14,16-18H,7-11H2,1-2H3. The quantitative estimate of drug-likeness (QED) is 0.760. The molecular weight excluding hydrogens is 254 g/mol. The lowest BCUT2D eigenvalue weighted by atomic mass is 10.1. The van der Waals surface area contributed by atoms with E-state index in [1.807, 2.05) is 6.92 Å². The Kier molecular flexibility index (Phi) is 5.98. The van der Waals surface area contributed by atoms with Crippen LogP contribution in [-0.4, -0.2) is 44.2 Å². The van der Waals surface area contributed by atoms with E-state index < -0.39 is 6.10 Å². The Morgan fingerprint density at radius 3 is 2.95 bits per heavy atom. The highest BCUT2D eigenvalue weighted by Gasteiger charge is 2.22. The highest BCUT2D eigenvalue weighted by Crippen LogP contribution is 2.30.